The van der Waals surface area contributed by atoms with Crippen LogP contribution < -0.4 is 0 Å². The highest BCUT2D eigenvalue weighted by Crippen LogP contribution is 2.59. The Balaban J connectivity index is 1.82. The van der Waals surface area contributed by atoms with Crippen molar-refractivity contribution in [3.63, 3.8) is 0 Å². The molecule has 3 aromatic rings. The lowest BCUT2D eigenvalue weighted by Gasteiger charge is -2.16. The summed E-state index contributed by atoms with van der Waals surface area (Å²) in [5.41, 5.74) is 0.0209. The van der Waals surface area contributed by atoms with Crippen molar-refractivity contribution < 1.29 is 13.5 Å². The van der Waals surface area contributed by atoms with E-state index in [-0.39, 0.29) is 12.1 Å². The maximum Gasteiger partial charge on any atom is 0.147 e. The van der Waals surface area contributed by atoms with Gasteiger partial charge in [0.1, 0.15) is 28.0 Å². The molecular formula is C18H13ClF2N2OS. The van der Waals surface area contributed by atoms with Crippen LogP contribution in [-0.4, -0.2) is 9.78 Å². The second kappa shape index (κ2) is 6.05. The molecule has 0 saturated carbocycles. The zero-order valence-electron chi connectivity index (χ0n) is 12.9. The number of H-pyrrole nitrogens is 1. The van der Waals surface area contributed by atoms with E-state index in [9.17, 15) is 8.78 Å². The van der Waals surface area contributed by atoms with E-state index < -0.39 is 23.3 Å². The molecule has 0 amide bonds. The van der Waals surface area contributed by atoms with Crippen LogP contribution >= 0.6 is 23.8 Å². The van der Waals surface area contributed by atoms with Gasteiger partial charge in [-0.15, -0.1) is 0 Å². The second-order valence-electron chi connectivity index (χ2n) is 5.92. The summed E-state index contributed by atoms with van der Waals surface area (Å²) < 4.78 is 36.1. The number of halogens is 3. The predicted octanol–water partition coefficient (Wildman–Crippen LogP) is 5.14. The number of ether oxygens (including phenoxy) is 1. The van der Waals surface area contributed by atoms with Gasteiger partial charge in [-0.3, -0.25) is 4.68 Å². The topological polar surface area (TPSA) is 33.2 Å². The minimum atomic E-state index is -1.01. The van der Waals surface area contributed by atoms with Crippen LogP contribution in [0.3, 0.4) is 0 Å². The van der Waals surface area contributed by atoms with Crippen molar-refractivity contribution in [3.05, 3.63) is 87.2 Å². The molecule has 128 valence electrons. The monoisotopic (exact) mass is 378 g/mol. The molecule has 25 heavy (non-hydrogen) atoms. The third kappa shape index (κ3) is 2.80. The van der Waals surface area contributed by atoms with Crippen LogP contribution in [0.4, 0.5) is 8.78 Å². The lowest BCUT2D eigenvalue weighted by atomic mass is 9.91. The average Bonchev–Trinajstić information content (AvgIpc) is 3.14. The average molecular weight is 379 g/mol. The molecule has 0 aliphatic carbocycles. The SMILES string of the molecule is Fc1ccc([C@@]2(Cn3[nH]ccc3=S)O[C@H]2c2ccccc2Cl)c(F)c1. The Morgan fingerprint density at radius 3 is 2.68 bits per heavy atom. The fourth-order valence-electron chi connectivity index (χ4n) is 3.13. The van der Waals surface area contributed by atoms with Crippen molar-refractivity contribution >= 4 is 23.8 Å². The molecule has 2 atom stereocenters. The number of nitrogens with one attached hydrogen (secondary N) is 1. The summed E-state index contributed by atoms with van der Waals surface area (Å²) in [4.78, 5) is 0. The van der Waals surface area contributed by atoms with Crippen molar-refractivity contribution in [3.8, 4) is 0 Å². The molecule has 1 aliphatic heterocycles. The molecule has 0 spiro atoms. The van der Waals surface area contributed by atoms with E-state index in [1.165, 1.54) is 12.1 Å². The fourth-order valence-corrected chi connectivity index (χ4v) is 3.55. The van der Waals surface area contributed by atoms with E-state index in [1.807, 2.05) is 18.2 Å². The van der Waals surface area contributed by atoms with E-state index in [2.05, 4.69) is 5.10 Å². The zero-order valence-corrected chi connectivity index (χ0v) is 14.5. The molecule has 0 unspecified atom stereocenters. The summed E-state index contributed by atoms with van der Waals surface area (Å²) in [5, 5.41) is 3.53. The number of rotatable bonds is 4. The second-order valence-corrected chi connectivity index (χ2v) is 6.75. The number of aromatic nitrogens is 2. The van der Waals surface area contributed by atoms with Crippen LogP contribution in [0.1, 0.15) is 17.2 Å². The quantitative estimate of drug-likeness (QED) is 0.503. The molecule has 4 rings (SSSR count). The summed E-state index contributed by atoms with van der Waals surface area (Å²) in [6.45, 7) is 0.261. The van der Waals surface area contributed by atoms with Gasteiger partial charge in [-0.1, -0.05) is 48.1 Å². The number of aromatic amines is 1. The van der Waals surface area contributed by atoms with Gasteiger partial charge in [-0.05, 0) is 18.2 Å². The molecule has 1 N–H and O–H groups in total. The van der Waals surface area contributed by atoms with Crippen LogP contribution in [0.5, 0.6) is 0 Å². The minimum absolute atomic E-state index is 0.261. The first-order valence-corrected chi connectivity index (χ1v) is 8.42. The highest BCUT2D eigenvalue weighted by Gasteiger charge is 2.60. The summed E-state index contributed by atoms with van der Waals surface area (Å²) in [6, 6.07) is 12.5. The first-order valence-electron chi connectivity index (χ1n) is 7.63. The molecular weight excluding hydrogens is 366 g/mol. The Morgan fingerprint density at radius 1 is 1.20 bits per heavy atom. The molecule has 2 aromatic carbocycles. The molecule has 1 fully saturated rings. The van der Waals surface area contributed by atoms with Gasteiger partial charge < -0.3 is 9.84 Å². The number of hydrogen-bond donors (Lipinski definition) is 1. The summed E-state index contributed by atoms with van der Waals surface area (Å²) in [7, 11) is 0. The third-order valence-corrected chi connectivity index (χ3v) is 5.09. The summed E-state index contributed by atoms with van der Waals surface area (Å²) in [6.07, 6.45) is 1.25. The van der Waals surface area contributed by atoms with Gasteiger partial charge in [-0.25, -0.2) is 8.78 Å². The fraction of sp³-hybridized carbons (Fsp3) is 0.167. The Labute approximate surface area is 152 Å². The standard InChI is InChI=1S/C18H13ClF2N2OS/c19-14-4-2-1-3-12(14)17-18(24-17,10-23-16(25)7-8-22-23)13-6-5-11(20)9-15(13)21/h1-9,17,22H,10H2/t17-,18+/m0/s1. The molecule has 1 saturated heterocycles. The molecule has 1 aliphatic rings. The zero-order chi connectivity index (χ0) is 17.6. The number of nitrogens with zero attached hydrogens (tertiary/aromatic N) is 1. The van der Waals surface area contributed by atoms with Crippen LogP contribution in [0, 0.1) is 16.3 Å². The number of benzene rings is 2. The van der Waals surface area contributed by atoms with E-state index in [0.717, 1.165) is 11.6 Å². The van der Waals surface area contributed by atoms with Gasteiger partial charge in [0, 0.05) is 28.4 Å². The van der Waals surface area contributed by atoms with Crippen LogP contribution in [0.15, 0.2) is 54.7 Å². The molecule has 2 heterocycles. The first-order chi connectivity index (χ1) is 12.0. The molecule has 1 aromatic heterocycles. The van der Waals surface area contributed by atoms with Gasteiger partial charge in [-0.2, -0.15) is 0 Å². The molecule has 3 nitrogen and oxygen atoms in total. The van der Waals surface area contributed by atoms with E-state index in [4.69, 9.17) is 28.6 Å². The Hall–Kier alpha value is -2.02. The summed E-state index contributed by atoms with van der Waals surface area (Å²) >= 11 is 11.5. The smallest absolute Gasteiger partial charge is 0.147 e. The summed E-state index contributed by atoms with van der Waals surface area (Å²) in [5.74, 6) is -1.30. The molecule has 0 radical (unpaired) electrons. The number of hydrogen-bond acceptors (Lipinski definition) is 2. The van der Waals surface area contributed by atoms with E-state index in [1.54, 1.807) is 23.0 Å². The molecule has 7 heteroatoms. The van der Waals surface area contributed by atoms with Gasteiger partial charge >= 0.3 is 0 Å². The molecule has 0 bridgehead atoms. The Kier molecular flexibility index (Phi) is 3.98. The van der Waals surface area contributed by atoms with Gasteiger partial charge in [0.2, 0.25) is 0 Å². The van der Waals surface area contributed by atoms with Crippen molar-refractivity contribution in [2.45, 2.75) is 18.2 Å². The van der Waals surface area contributed by atoms with Gasteiger partial charge in [0.05, 0.1) is 6.54 Å². The largest absolute Gasteiger partial charge is 0.354 e. The van der Waals surface area contributed by atoms with E-state index in [0.29, 0.717) is 9.66 Å². The highest BCUT2D eigenvalue weighted by molar-refractivity contribution is 7.71. The van der Waals surface area contributed by atoms with Crippen LogP contribution in [0.25, 0.3) is 0 Å². The minimum Gasteiger partial charge on any atom is -0.354 e. The van der Waals surface area contributed by atoms with Crippen molar-refractivity contribution in [1.82, 2.24) is 9.78 Å². The lowest BCUT2D eigenvalue weighted by Crippen LogP contribution is -2.21. The Bertz CT molecular complexity index is 1000. The van der Waals surface area contributed by atoms with Crippen molar-refractivity contribution in [1.29, 1.82) is 0 Å². The predicted molar refractivity (Wildman–Crippen MR) is 92.9 cm³/mol. The maximum atomic E-state index is 14.5. The number of epoxide rings is 1. The third-order valence-electron chi connectivity index (χ3n) is 4.38. The highest BCUT2D eigenvalue weighted by atomic mass is 35.5. The Morgan fingerprint density at radius 2 is 2.00 bits per heavy atom. The van der Waals surface area contributed by atoms with E-state index >= 15 is 0 Å². The lowest BCUT2D eigenvalue weighted by molar-refractivity contribution is 0.256. The van der Waals surface area contributed by atoms with Crippen LogP contribution in [0.2, 0.25) is 5.02 Å². The first kappa shape index (κ1) is 16.4. The van der Waals surface area contributed by atoms with Gasteiger partial charge in [0.15, 0.2) is 0 Å². The van der Waals surface area contributed by atoms with Crippen molar-refractivity contribution in [2.24, 2.45) is 0 Å². The maximum absolute atomic E-state index is 14.5. The van der Waals surface area contributed by atoms with Gasteiger partial charge in [0.25, 0.3) is 0 Å². The van der Waals surface area contributed by atoms with Crippen LogP contribution in [-0.2, 0) is 16.9 Å². The van der Waals surface area contributed by atoms with Crippen molar-refractivity contribution in [2.75, 3.05) is 0 Å². The normalized spacial score (nSPS) is 22.1.